The van der Waals surface area contributed by atoms with Gasteiger partial charge in [-0.3, -0.25) is 4.79 Å². The summed E-state index contributed by atoms with van der Waals surface area (Å²) in [6.07, 6.45) is 5.27. The number of amides is 1. The molecule has 0 radical (unpaired) electrons. The molecular formula is C22H25N3OS. The molecule has 1 aliphatic heterocycles. The highest BCUT2D eigenvalue weighted by atomic mass is 32.1. The van der Waals surface area contributed by atoms with Gasteiger partial charge in [0.2, 0.25) is 0 Å². The molecule has 27 heavy (non-hydrogen) atoms. The summed E-state index contributed by atoms with van der Waals surface area (Å²) in [7, 11) is 0. The SMILES string of the molecule is Cc1cnc(-c2ccccc2)n1CCC1CCN(C(=O)c2ccsc2)CC1. The number of hydrogen-bond donors (Lipinski definition) is 0. The molecule has 0 N–H and O–H groups in total. The minimum atomic E-state index is 0.187. The molecule has 4 rings (SSSR count). The number of hydrogen-bond acceptors (Lipinski definition) is 3. The van der Waals surface area contributed by atoms with Crippen LogP contribution in [0.4, 0.5) is 0 Å². The quantitative estimate of drug-likeness (QED) is 0.635. The molecule has 1 fully saturated rings. The van der Waals surface area contributed by atoms with Gasteiger partial charge in [-0.15, -0.1) is 0 Å². The zero-order valence-electron chi connectivity index (χ0n) is 15.7. The van der Waals surface area contributed by atoms with Gasteiger partial charge in [-0.05, 0) is 43.6 Å². The number of nitrogens with zero attached hydrogens (tertiary/aromatic N) is 3. The molecule has 0 atom stereocenters. The first kappa shape index (κ1) is 18.0. The van der Waals surface area contributed by atoms with E-state index in [2.05, 4.69) is 40.7 Å². The smallest absolute Gasteiger partial charge is 0.254 e. The number of likely N-dealkylation sites (tertiary alicyclic amines) is 1. The van der Waals surface area contributed by atoms with E-state index >= 15 is 0 Å². The summed E-state index contributed by atoms with van der Waals surface area (Å²) in [6, 6.07) is 12.3. The van der Waals surface area contributed by atoms with Crippen molar-refractivity contribution in [1.29, 1.82) is 0 Å². The van der Waals surface area contributed by atoms with Crippen molar-refractivity contribution >= 4 is 17.2 Å². The van der Waals surface area contributed by atoms with Crippen LogP contribution in [0.3, 0.4) is 0 Å². The summed E-state index contributed by atoms with van der Waals surface area (Å²) in [5.41, 5.74) is 3.21. The van der Waals surface area contributed by atoms with Crippen molar-refractivity contribution in [2.24, 2.45) is 5.92 Å². The number of piperidine rings is 1. The van der Waals surface area contributed by atoms with Gasteiger partial charge in [0.25, 0.3) is 5.91 Å². The molecule has 4 nitrogen and oxygen atoms in total. The molecule has 5 heteroatoms. The van der Waals surface area contributed by atoms with Gasteiger partial charge >= 0.3 is 0 Å². The number of thiophene rings is 1. The van der Waals surface area contributed by atoms with E-state index in [-0.39, 0.29) is 5.91 Å². The third kappa shape index (κ3) is 3.98. The van der Waals surface area contributed by atoms with E-state index in [9.17, 15) is 4.79 Å². The number of aryl methyl sites for hydroxylation is 1. The molecule has 0 aliphatic carbocycles. The Bertz CT molecular complexity index is 878. The molecule has 1 saturated heterocycles. The highest BCUT2D eigenvalue weighted by molar-refractivity contribution is 7.08. The first-order valence-electron chi connectivity index (χ1n) is 9.61. The maximum Gasteiger partial charge on any atom is 0.254 e. The molecule has 0 saturated carbocycles. The average Bonchev–Trinajstić information content (AvgIpc) is 3.37. The molecule has 0 bridgehead atoms. The van der Waals surface area contributed by atoms with Crippen LogP contribution in [-0.4, -0.2) is 33.4 Å². The second-order valence-electron chi connectivity index (χ2n) is 7.28. The molecule has 1 amide bonds. The number of benzene rings is 1. The van der Waals surface area contributed by atoms with Crippen molar-refractivity contribution in [2.75, 3.05) is 13.1 Å². The predicted molar refractivity (Wildman–Crippen MR) is 110 cm³/mol. The molecular weight excluding hydrogens is 354 g/mol. The second kappa shape index (κ2) is 8.09. The minimum absolute atomic E-state index is 0.187. The topological polar surface area (TPSA) is 38.1 Å². The lowest BCUT2D eigenvalue weighted by Crippen LogP contribution is -2.38. The summed E-state index contributed by atoms with van der Waals surface area (Å²) in [5.74, 6) is 1.91. The summed E-state index contributed by atoms with van der Waals surface area (Å²) in [4.78, 5) is 19.1. The highest BCUT2D eigenvalue weighted by Crippen LogP contribution is 2.25. The summed E-state index contributed by atoms with van der Waals surface area (Å²) >= 11 is 1.58. The zero-order chi connectivity index (χ0) is 18.6. The van der Waals surface area contributed by atoms with Crippen molar-refractivity contribution in [2.45, 2.75) is 32.7 Å². The molecule has 140 valence electrons. The molecule has 0 unspecified atom stereocenters. The Morgan fingerprint density at radius 2 is 1.96 bits per heavy atom. The number of aromatic nitrogens is 2. The second-order valence-corrected chi connectivity index (χ2v) is 8.06. The third-order valence-corrected chi connectivity index (χ3v) is 6.20. The van der Waals surface area contributed by atoms with Gasteiger partial charge in [0.1, 0.15) is 5.82 Å². The Labute approximate surface area is 164 Å². The fraction of sp³-hybridized carbons (Fsp3) is 0.364. The van der Waals surface area contributed by atoms with Crippen LogP contribution in [0.25, 0.3) is 11.4 Å². The van der Waals surface area contributed by atoms with Crippen LogP contribution >= 0.6 is 11.3 Å². The van der Waals surface area contributed by atoms with Gasteiger partial charge in [0, 0.05) is 42.5 Å². The van der Waals surface area contributed by atoms with Crippen LogP contribution < -0.4 is 0 Å². The van der Waals surface area contributed by atoms with E-state index in [4.69, 9.17) is 0 Å². The summed E-state index contributed by atoms with van der Waals surface area (Å²) < 4.78 is 2.33. The van der Waals surface area contributed by atoms with Crippen molar-refractivity contribution in [3.05, 3.63) is 64.6 Å². The maximum atomic E-state index is 12.5. The third-order valence-electron chi connectivity index (χ3n) is 5.52. The average molecular weight is 380 g/mol. The van der Waals surface area contributed by atoms with Crippen LogP contribution in [0.15, 0.2) is 53.4 Å². The molecule has 3 heterocycles. The Balaban J connectivity index is 1.35. The Hall–Kier alpha value is -2.40. The van der Waals surface area contributed by atoms with Crippen LogP contribution in [-0.2, 0) is 6.54 Å². The highest BCUT2D eigenvalue weighted by Gasteiger charge is 2.24. The Kier molecular flexibility index (Phi) is 5.39. The van der Waals surface area contributed by atoms with Crippen molar-refractivity contribution in [3.8, 4) is 11.4 Å². The molecule has 1 aliphatic rings. The zero-order valence-corrected chi connectivity index (χ0v) is 16.5. The van der Waals surface area contributed by atoms with Gasteiger partial charge in [0.15, 0.2) is 0 Å². The summed E-state index contributed by atoms with van der Waals surface area (Å²) in [5, 5.41) is 3.92. The monoisotopic (exact) mass is 379 g/mol. The maximum absolute atomic E-state index is 12.5. The number of rotatable bonds is 5. The van der Waals surface area contributed by atoms with E-state index in [1.54, 1.807) is 11.3 Å². The molecule has 0 spiro atoms. The number of carbonyl (C=O) groups excluding carboxylic acids is 1. The van der Waals surface area contributed by atoms with E-state index in [1.165, 1.54) is 11.3 Å². The van der Waals surface area contributed by atoms with Gasteiger partial charge < -0.3 is 9.47 Å². The van der Waals surface area contributed by atoms with Gasteiger partial charge in [-0.2, -0.15) is 11.3 Å². The van der Waals surface area contributed by atoms with Crippen LogP contribution in [0.5, 0.6) is 0 Å². The normalized spacial score (nSPS) is 15.2. The molecule has 1 aromatic carbocycles. The lowest BCUT2D eigenvalue weighted by molar-refractivity contribution is 0.0685. The molecule has 2 aromatic heterocycles. The van der Waals surface area contributed by atoms with Crippen LogP contribution in [0.2, 0.25) is 0 Å². The van der Waals surface area contributed by atoms with Crippen LogP contribution in [0, 0.1) is 12.8 Å². The fourth-order valence-corrected chi connectivity index (χ4v) is 4.50. The number of carbonyl (C=O) groups is 1. The van der Waals surface area contributed by atoms with E-state index in [0.29, 0.717) is 5.92 Å². The van der Waals surface area contributed by atoms with Gasteiger partial charge in [-0.1, -0.05) is 30.3 Å². The van der Waals surface area contributed by atoms with E-state index in [0.717, 1.165) is 50.3 Å². The summed E-state index contributed by atoms with van der Waals surface area (Å²) in [6.45, 7) is 4.85. The first-order chi connectivity index (χ1) is 13.2. The standard InChI is InChI=1S/C22H25N3OS/c1-17-15-23-21(19-5-3-2-4-6-19)25(17)13-9-18-7-11-24(12-8-18)22(26)20-10-14-27-16-20/h2-6,10,14-16,18H,7-9,11-13H2,1H3. The van der Waals surface area contributed by atoms with Crippen LogP contribution in [0.1, 0.15) is 35.3 Å². The first-order valence-corrected chi connectivity index (χ1v) is 10.6. The lowest BCUT2D eigenvalue weighted by Gasteiger charge is -2.32. The van der Waals surface area contributed by atoms with Crippen molar-refractivity contribution < 1.29 is 4.79 Å². The minimum Gasteiger partial charge on any atom is -0.339 e. The van der Waals surface area contributed by atoms with E-state index < -0.39 is 0 Å². The largest absolute Gasteiger partial charge is 0.339 e. The Morgan fingerprint density at radius 1 is 1.19 bits per heavy atom. The fourth-order valence-electron chi connectivity index (χ4n) is 3.87. The van der Waals surface area contributed by atoms with Gasteiger partial charge in [0.05, 0.1) is 5.56 Å². The molecule has 3 aromatic rings. The van der Waals surface area contributed by atoms with Gasteiger partial charge in [-0.25, -0.2) is 4.98 Å². The number of imidazole rings is 1. The van der Waals surface area contributed by atoms with Crippen molar-refractivity contribution in [1.82, 2.24) is 14.5 Å². The Morgan fingerprint density at radius 3 is 2.67 bits per heavy atom. The van der Waals surface area contributed by atoms with E-state index in [1.807, 2.05) is 34.0 Å². The van der Waals surface area contributed by atoms with Crippen molar-refractivity contribution in [3.63, 3.8) is 0 Å². The lowest BCUT2D eigenvalue weighted by atomic mass is 9.93. The predicted octanol–water partition coefficient (Wildman–Crippen LogP) is 4.86.